The summed E-state index contributed by atoms with van der Waals surface area (Å²) < 4.78 is 11.8. The number of rotatable bonds is 2. The number of hydrogen-bond donors (Lipinski definition) is 1. The van der Waals surface area contributed by atoms with Crippen molar-refractivity contribution in [2.75, 3.05) is 13.2 Å². The van der Waals surface area contributed by atoms with Gasteiger partial charge in [0.05, 0.1) is 34.9 Å². The SMILES string of the molecule is O=c1[nH]cnc2cc(O[C@H]3CCOC3)c(Br)cc12. The van der Waals surface area contributed by atoms with Gasteiger partial charge in [-0.15, -0.1) is 0 Å². The van der Waals surface area contributed by atoms with Crippen molar-refractivity contribution in [2.45, 2.75) is 12.5 Å². The molecule has 1 aromatic heterocycles. The quantitative estimate of drug-likeness (QED) is 0.919. The van der Waals surface area contributed by atoms with Crippen molar-refractivity contribution in [3.05, 3.63) is 33.3 Å². The Kier molecular flexibility index (Phi) is 3.05. The molecule has 0 radical (unpaired) electrons. The highest BCUT2D eigenvalue weighted by Crippen LogP contribution is 2.30. The smallest absolute Gasteiger partial charge is 0.258 e. The van der Waals surface area contributed by atoms with Gasteiger partial charge < -0.3 is 14.5 Å². The molecule has 1 saturated heterocycles. The van der Waals surface area contributed by atoms with E-state index >= 15 is 0 Å². The molecular weight excluding hydrogens is 300 g/mol. The van der Waals surface area contributed by atoms with Gasteiger partial charge in [-0.3, -0.25) is 4.79 Å². The first kappa shape index (κ1) is 11.7. The molecule has 2 aromatic rings. The number of H-pyrrole nitrogens is 1. The van der Waals surface area contributed by atoms with Gasteiger partial charge in [0, 0.05) is 12.5 Å². The first-order chi connectivity index (χ1) is 8.74. The average molecular weight is 311 g/mol. The summed E-state index contributed by atoms with van der Waals surface area (Å²) >= 11 is 3.41. The molecule has 1 fully saturated rings. The monoisotopic (exact) mass is 310 g/mol. The van der Waals surface area contributed by atoms with Crippen LogP contribution in [0.3, 0.4) is 0 Å². The molecule has 0 unspecified atom stereocenters. The molecule has 0 bridgehead atoms. The number of aromatic amines is 1. The standard InChI is InChI=1S/C12H11BrN2O3/c13-9-3-8-10(14-6-15-12(8)16)4-11(9)18-7-1-2-17-5-7/h3-4,6-7H,1-2,5H2,(H,14,15,16)/t7-/m0/s1. The fourth-order valence-electron chi connectivity index (χ4n) is 1.95. The number of fused-ring (bicyclic) bond motifs is 1. The third-order valence-electron chi connectivity index (χ3n) is 2.88. The molecule has 0 saturated carbocycles. The van der Waals surface area contributed by atoms with E-state index < -0.39 is 0 Å². The Morgan fingerprint density at radius 2 is 2.39 bits per heavy atom. The highest BCUT2D eigenvalue weighted by Gasteiger charge is 2.19. The minimum Gasteiger partial charge on any atom is -0.487 e. The second-order valence-corrected chi connectivity index (χ2v) is 4.99. The third-order valence-corrected chi connectivity index (χ3v) is 3.50. The van der Waals surface area contributed by atoms with Crippen LogP contribution in [0.25, 0.3) is 10.9 Å². The Morgan fingerprint density at radius 1 is 1.50 bits per heavy atom. The van der Waals surface area contributed by atoms with Crippen LogP contribution in [0.1, 0.15) is 6.42 Å². The maximum Gasteiger partial charge on any atom is 0.258 e. The summed E-state index contributed by atoms with van der Waals surface area (Å²) in [6, 6.07) is 3.50. The van der Waals surface area contributed by atoms with Crippen molar-refractivity contribution in [3.63, 3.8) is 0 Å². The number of nitrogens with one attached hydrogen (secondary N) is 1. The lowest BCUT2D eigenvalue weighted by Gasteiger charge is -2.13. The molecule has 94 valence electrons. The number of hydrogen-bond acceptors (Lipinski definition) is 4. The summed E-state index contributed by atoms with van der Waals surface area (Å²) in [5.74, 6) is 0.691. The Balaban J connectivity index is 2.02. The zero-order valence-electron chi connectivity index (χ0n) is 9.48. The molecule has 18 heavy (non-hydrogen) atoms. The summed E-state index contributed by atoms with van der Waals surface area (Å²) in [6.07, 6.45) is 2.34. The van der Waals surface area contributed by atoms with Crippen molar-refractivity contribution in [1.82, 2.24) is 9.97 Å². The van der Waals surface area contributed by atoms with Gasteiger partial charge in [0.2, 0.25) is 0 Å². The Morgan fingerprint density at radius 3 is 3.17 bits per heavy atom. The summed E-state index contributed by atoms with van der Waals surface area (Å²) in [5.41, 5.74) is 0.465. The molecule has 1 aliphatic rings. The Labute approximate surface area is 111 Å². The first-order valence-electron chi connectivity index (χ1n) is 5.65. The maximum atomic E-state index is 11.6. The van der Waals surface area contributed by atoms with Crippen LogP contribution in [0.5, 0.6) is 5.75 Å². The van der Waals surface area contributed by atoms with Crippen molar-refractivity contribution in [1.29, 1.82) is 0 Å². The van der Waals surface area contributed by atoms with Crippen LogP contribution in [-0.2, 0) is 4.74 Å². The van der Waals surface area contributed by atoms with Crippen LogP contribution < -0.4 is 10.3 Å². The van der Waals surface area contributed by atoms with Gasteiger partial charge in [-0.25, -0.2) is 4.98 Å². The molecule has 1 aromatic carbocycles. The summed E-state index contributed by atoms with van der Waals surface area (Å²) in [5, 5.41) is 0.541. The van der Waals surface area contributed by atoms with Gasteiger partial charge in [0.25, 0.3) is 5.56 Å². The van der Waals surface area contributed by atoms with Crippen molar-refractivity contribution in [3.8, 4) is 5.75 Å². The molecular formula is C12H11BrN2O3. The molecule has 0 amide bonds. The highest BCUT2D eigenvalue weighted by atomic mass is 79.9. The molecule has 1 N–H and O–H groups in total. The van der Waals surface area contributed by atoms with E-state index in [-0.39, 0.29) is 11.7 Å². The number of ether oxygens (including phenoxy) is 2. The highest BCUT2D eigenvalue weighted by molar-refractivity contribution is 9.10. The van der Waals surface area contributed by atoms with Gasteiger partial charge >= 0.3 is 0 Å². The summed E-state index contributed by atoms with van der Waals surface area (Å²) in [6.45, 7) is 1.33. The topological polar surface area (TPSA) is 64.2 Å². The van der Waals surface area contributed by atoms with Gasteiger partial charge in [0.15, 0.2) is 0 Å². The average Bonchev–Trinajstić information content (AvgIpc) is 2.84. The molecule has 1 atom stereocenters. The molecule has 3 rings (SSSR count). The Bertz CT molecular complexity index is 635. The van der Waals surface area contributed by atoms with E-state index in [0.717, 1.165) is 17.5 Å². The first-order valence-corrected chi connectivity index (χ1v) is 6.44. The number of aromatic nitrogens is 2. The van der Waals surface area contributed by atoms with E-state index in [9.17, 15) is 4.79 Å². The molecule has 6 heteroatoms. The van der Waals surface area contributed by atoms with E-state index in [2.05, 4.69) is 25.9 Å². The second kappa shape index (κ2) is 4.70. The Hall–Kier alpha value is -1.40. The van der Waals surface area contributed by atoms with Gasteiger partial charge in [-0.1, -0.05) is 0 Å². The van der Waals surface area contributed by atoms with Crippen molar-refractivity contribution in [2.24, 2.45) is 0 Å². The molecule has 0 aliphatic carbocycles. The van der Waals surface area contributed by atoms with Gasteiger partial charge in [-0.2, -0.15) is 0 Å². The minimum atomic E-state index is -0.156. The van der Waals surface area contributed by atoms with Gasteiger partial charge in [-0.05, 0) is 22.0 Å². The normalized spacial score (nSPS) is 19.3. The number of halogens is 1. The molecule has 0 spiro atoms. The predicted molar refractivity (Wildman–Crippen MR) is 69.9 cm³/mol. The summed E-state index contributed by atoms with van der Waals surface area (Å²) in [4.78, 5) is 18.3. The minimum absolute atomic E-state index is 0.0701. The lowest BCUT2D eigenvalue weighted by atomic mass is 10.2. The lowest BCUT2D eigenvalue weighted by Crippen LogP contribution is -2.16. The zero-order chi connectivity index (χ0) is 12.5. The third kappa shape index (κ3) is 2.13. The van der Waals surface area contributed by atoms with Crippen molar-refractivity contribution >= 4 is 26.8 Å². The van der Waals surface area contributed by atoms with Crippen LogP contribution in [0.15, 0.2) is 27.7 Å². The van der Waals surface area contributed by atoms with E-state index in [1.165, 1.54) is 6.33 Å². The molecule has 1 aliphatic heterocycles. The van der Waals surface area contributed by atoms with Crippen LogP contribution in [0.2, 0.25) is 0 Å². The van der Waals surface area contributed by atoms with E-state index in [4.69, 9.17) is 9.47 Å². The van der Waals surface area contributed by atoms with Gasteiger partial charge in [0.1, 0.15) is 11.9 Å². The fraction of sp³-hybridized carbons (Fsp3) is 0.333. The zero-order valence-corrected chi connectivity index (χ0v) is 11.1. The second-order valence-electron chi connectivity index (χ2n) is 4.13. The van der Waals surface area contributed by atoms with Crippen molar-refractivity contribution < 1.29 is 9.47 Å². The molecule has 5 nitrogen and oxygen atoms in total. The number of benzene rings is 1. The predicted octanol–water partition coefficient (Wildman–Crippen LogP) is 1.85. The van der Waals surface area contributed by atoms with E-state index in [0.29, 0.717) is 23.3 Å². The van der Waals surface area contributed by atoms with Crippen LogP contribution >= 0.6 is 15.9 Å². The van der Waals surface area contributed by atoms with E-state index in [1.807, 2.05) is 0 Å². The fourth-order valence-corrected chi connectivity index (χ4v) is 2.38. The summed E-state index contributed by atoms with van der Waals surface area (Å²) in [7, 11) is 0. The lowest BCUT2D eigenvalue weighted by molar-refractivity contribution is 0.141. The number of nitrogens with zero attached hydrogens (tertiary/aromatic N) is 1. The maximum absolute atomic E-state index is 11.6. The molecule has 2 heterocycles. The largest absolute Gasteiger partial charge is 0.487 e. The van der Waals surface area contributed by atoms with E-state index in [1.54, 1.807) is 12.1 Å². The van der Waals surface area contributed by atoms with Crippen LogP contribution in [0.4, 0.5) is 0 Å². The van der Waals surface area contributed by atoms with Crippen LogP contribution in [0, 0.1) is 0 Å². The van der Waals surface area contributed by atoms with Crippen LogP contribution in [-0.4, -0.2) is 29.3 Å².